The lowest BCUT2D eigenvalue weighted by atomic mass is 10.1. The maximum Gasteiger partial charge on any atom is 0.241 e. The highest BCUT2D eigenvalue weighted by molar-refractivity contribution is 14.0. The predicted molar refractivity (Wildman–Crippen MR) is 92.2 cm³/mol. The molecule has 0 aromatic heterocycles. The molecule has 0 aromatic rings. The number of halogens is 1. The molecule has 0 spiro atoms. The van der Waals surface area contributed by atoms with Gasteiger partial charge < -0.3 is 16.0 Å². The van der Waals surface area contributed by atoms with E-state index >= 15 is 0 Å². The Morgan fingerprint density at radius 1 is 1.11 bits per heavy atom. The minimum absolute atomic E-state index is 0. The van der Waals surface area contributed by atoms with Crippen LogP contribution in [-0.4, -0.2) is 38.0 Å². The van der Waals surface area contributed by atoms with Gasteiger partial charge in [0.2, 0.25) is 5.91 Å². The molecule has 0 fully saturated rings. The Balaban J connectivity index is 0. The molecule has 0 saturated carbocycles. The van der Waals surface area contributed by atoms with Gasteiger partial charge in [0, 0.05) is 19.6 Å². The first-order valence-electron chi connectivity index (χ1n) is 6.89. The first kappa shape index (κ1) is 20.8. The second kappa shape index (κ2) is 13.9. The Morgan fingerprint density at radius 2 is 1.79 bits per heavy atom. The summed E-state index contributed by atoms with van der Waals surface area (Å²) in [5.41, 5.74) is 0. The van der Waals surface area contributed by atoms with E-state index in [2.05, 4.69) is 34.8 Å². The predicted octanol–water partition coefficient (Wildman–Crippen LogP) is 1.73. The fraction of sp³-hybridized carbons (Fsp3) is 0.846. The van der Waals surface area contributed by atoms with Crippen LogP contribution in [0, 0.1) is 5.92 Å². The van der Waals surface area contributed by atoms with Crippen LogP contribution in [0.2, 0.25) is 0 Å². The number of nitrogens with one attached hydrogen (secondary N) is 3. The van der Waals surface area contributed by atoms with Crippen molar-refractivity contribution in [3.63, 3.8) is 0 Å². The summed E-state index contributed by atoms with van der Waals surface area (Å²) < 4.78 is 0. The van der Waals surface area contributed by atoms with E-state index in [0.29, 0.717) is 18.4 Å². The van der Waals surface area contributed by atoms with Crippen molar-refractivity contribution in [3.05, 3.63) is 0 Å². The Labute approximate surface area is 134 Å². The number of rotatable bonds is 8. The highest BCUT2D eigenvalue weighted by Crippen LogP contribution is 1.95. The number of carbonyl (C=O) groups is 1. The highest BCUT2D eigenvalue weighted by atomic mass is 127. The SMILES string of the molecule is CCCNC(=O)CN=C(NCC)NCCC(C)C.I. The van der Waals surface area contributed by atoms with E-state index in [4.69, 9.17) is 0 Å². The van der Waals surface area contributed by atoms with Crippen LogP contribution < -0.4 is 16.0 Å². The number of amides is 1. The molecule has 3 N–H and O–H groups in total. The second-order valence-electron chi connectivity index (χ2n) is 4.65. The van der Waals surface area contributed by atoms with Gasteiger partial charge >= 0.3 is 0 Å². The van der Waals surface area contributed by atoms with E-state index in [9.17, 15) is 4.79 Å². The zero-order valence-corrected chi connectivity index (χ0v) is 14.9. The van der Waals surface area contributed by atoms with E-state index in [0.717, 1.165) is 25.9 Å². The third-order valence-electron chi connectivity index (χ3n) is 2.31. The molecule has 19 heavy (non-hydrogen) atoms. The first-order chi connectivity index (χ1) is 8.60. The molecule has 0 saturated heterocycles. The van der Waals surface area contributed by atoms with Gasteiger partial charge in [0.15, 0.2) is 5.96 Å². The van der Waals surface area contributed by atoms with Crippen molar-refractivity contribution in [2.24, 2.45) is 10.9 Å². The minimum Gasteiger partial charge on any atom is -0.357 e. The van der Waals surface area contributed by atoms with Crippen LogP contribution in [0.1, 0.15) is 40.5 Å². The summed E-state index contributed by atoms with van der Waals surface area (Å²) in [6, 6.07) is 0. The number of guanidine groups is 1. The molecule has 0 aromatic carbocycles. The molecule has 0 aliphatic heterocycles. The van der Waals surface area contributed by atoms with Crippen molar-refractivity contribution in [1.82, 2.24) is 16.0 Å². The zero-order chi connectivity index (χ0) is 13.8. The molecule has 0 radical (unpaired) electrons. The van der Waals surface area contributed by atoms with Gasteiger partial charge in [0.05, 0.1) is 0 Å². The van der Waals surface area contributed by atoms with Gasteiger partial charge in [-0.25, -0.2) is 4.99 Å². The van der Waals surface area contributed by atoms with E-state index in [1.54, 1.807) is 0 Å². The van der Waals surface area contributed by atoms with Crippen molar-refractivity contribution in [1.29, 1.82) is 0 Å². The molecule has 0 bridgehead atoms. The molecule has 0 atom stereocenters. The van der Waals surface area contributed by atoms with Crippen molar-refractivity contribution in [3.8, 4) is 0 Å². The average molecular weight is 384 g/mol. The summed E-state index contributed by atoms with van der Waals surface area (Å²) >= 11 is 0. The van der Waals surface area contributed by atoms with Crippen molar-refractivity contribution >= 4 is 35.8 Å². The summed E-state index contributed by atoms with van der Waals surface area (Å²) in [6.45, 7) is 11.0. The maximum atomic E-state index is 11.4. The Hall–Kier alpha value is -0.530. The Kier molecular flexibility index (Phi) is 15.2. The standard InChI is InChI=1S/C13H28N4O.HI/c1-5-8-15-12(18)10-17-13(14-6-2)16-9-7-11(3)4;/h11H,5-10H2,1-4H3,(H,15,18)(H2,14,16,17);1H. The number of hydrogen-bond acceptors (Lipinski definition) is 2. The van der Waals surface area contributed by atoms with Crippen molar-refractivity contribution in [2.45, 2.75) is 40.5 Å². The van der Waals surface area contributed by atoms with Crippen LogP contribution in [0.25, 0.3) is 0 Å². The molecule has 5 nitrogen and oxygen atoms in total. The first-order valence-corrected chi connectivity index (χ1v) is 6.89. The number of carbonyl (C=O) groups excluding carboxylic acids is 1. The molecular formula is C13H29IN4O. The van der Waals surface area contributed by atoms with Crippen molar-refractivity contribution < 1.29 is 4.79 Å². The molecule has 0 rings (SSSR count). The normalized spacial score (nSPS) is 10.9. The average Bonchev–Trinajstić information content (AvgIpc) is 2.33. The highest BCUT2D eigenvalue weighted by Gasteiger charge is 2.01. The van der Waals surface area contributed by atoms with E-state index < -0.39 is 0 Å². The third-order valence-corrected chi connectivity index (χ3v) is 2.31. The molecular weight excluding hydrogens is 355 g/mol. The lowest BCUT2D eigenvalue weighted by molar-refractivity contribution is -0.119. The third kappa shape index (κ3) is 13.7. The molecule has 1 amide bonds. The lowest BCUT2D eigenvalue weighted by Crippen LogP contribution is -2.39. The summed E-state index contributed by atoms with van der Waals surface area (Å²) in [7, 11) is 0. The van der Waals surface area contributed by atoms with Gasteiger partial charge in [-0.2, -0.15) is 0 Å². The summed E-state index contributed by atoms with van der Waals surface area (Å²) in [4.78, 5) is 15.7. The Bertz CT molecular complexity index is 257. The molecule has 114 valence electrons. The second-order valence-corrected chi connectivity index (χ2v) is 4.65. The van der Waals surface area contributed by atoms with Gasteiger partial charge in [-0.1, -0.05) is 20.8 Å². The summed E-state index contributed by atoms with van der Waals surface area (Å²) in [5.74, 6) is 1.34. The van der Waals surface area contributed by atoms with E-state index in [1.807, 2.05) is 13.8 Å². The quantitative estimate of drug-likeness (QED) is 0.339. The van der Waals surface area contributed by atoms with E-state index in [1.165, 1.54) is 0 Å². The zero-order valence-electron chi connectivity index (χ0n) is 12.6. The molecule has 0 aliphatic rings. The fourth-order valence-electron chi connectivity index (χ4n) is 1.29. The van der Waals surface area contributed by atoms with Crippen LogP contribution in [-0.2, 0) is 4.79 Å². The molecule has 0 aliphatic carbocycles. The van der Waals surface area contributed by atoms with Crippen LogP contribution in [0.15, 0.2) is 4.99 Å². The van der Waals surface area contributed by atoms with Gasteiger partial charge in [0.25, 0.3) is 0 Å². The summed E-state index contributed by atoms with van der Waals surface area (Å²) in [5, 5.41) is 9.15. The van der Waals surface area contributed by atoms with Crippen LogP contribution >= 0.6 is 24.0 Å². The summed E-state index contributed by atoms with van der Waals surface area (Å²) in [6.07, 6.45) is 2.04. The van der Waals surface area contributed by atoms with Gasteiger partial charge in [-0.15, -0.1) is 24.0 Å². The fourth-order valence-corrected chi connectivity index (χ4v) is 1.29. The van der Waals surface area contributed by atoms with Crippen LogP contribution in [0.3, 0.4) is 0 Å². The molecule has 0 heterocycles. The largest absolute Gasteiger partial charge is 0.357 e. The maximum absolute atomic E-state index is 11.4. The number of hydrogen-bond donors (Lipinski definition) is 3. The topological polar surface area (TPSA) is 65.5 Å². The molecule has 0 unspecified atom stereocenters. The van der Waals surface area contributed by atoms with Gasteiger partial charge in [-0.3, -0.25) is 4.79 Å². The number of aliphatic imine (C=N–C) groups is 1. The minimum atomic E-state index is -0.0297. The smallest absolute Gasteiger partial charge is 0.241 e. The Morgan fingerprint density at radius 3 is 2.32 bits per heavy atom. The van der Waals surface area contributed by atoms with Gasteiger partial charge in [0.1, 0.15) is 6.54 Å². The van der Waals surface area contributed by atoms with Gasteiger partial charge in [-0.05, 0) is 25.7 Å². The van der Waals surface area contributed by atoms with Crippen LogP contribution in [0.4, 0.5) is 0 Å². The lowest BCUT2D eigenvalue weighted by Gasteiger charge is -2.12. The molecule has 6 heteroatoms. The monoisotopic (exact) mass is 384 g/mol. The number of nitrogens with zero attached hydrogens (tertiary/aromatic N) is 1. The van der Waals surface area contributed by atoms with E-state index in [-0.39, 0.29) is 36.4 Å². The van der Waals surface area contributed by atoms with Crippen LogP contribution in [0.5, 0.6) is 0 Å². The van der Waals surface area contributed by atoms with Crippen molar-refractivity contribution in [2.75, 3.05) is 26.2 Å².